The van der Waals surface area contributed by atoms with Crippen LogP contribution in [0.5, 0.6) is 0 Å². The molecule has 3 nitrogen and oxygen atoms in total. The van der Waals surface area contributed by atoms with E-state index in [-0.39, 0.29) is 12.1 Å². The molecule has 110 valence electrons. The third kappa shape index (κ3) is 3.83. The molecular formula is C16H21BrO3. The van der Waals surface area contributed by atoms with Crippen molar-refractivity contribution in [2.75, 3.05) is 7.11 Å². The van der Waals surface area contributed by atoms with Gasteiger partial charge in [0.15, 0.2) is 0 Å². The SMILES string of the molecule is COC(=O)c1c(C)cccc1COC1CCCC(Br)C1. The van der Waals surface area contributed by atoms with Gasteiger partial charge in [-0.2, -0.15) is 0 Å². The van der Waals surface area contributed by atoms with Crippen LogP contribution in [0.25, 0.3) is 0 Å². The largest absolute Gasteiger partial charge is 0.465 e. The molecule has 0 radical (unpaired) electrons. The summed E-state index contributed by atoms with van der Waals surface area (Å²) < 4.78 is 10.9. The molecular weight excluding hydrogens is 320 g/mol. The second kappa shape index (κ2) is 7.23. The number of benzene rings is 1. The lowest BCUT2D eigenvalue weighted by molar-refractivity contribution is 0.0179. The molecule has 1 aliphatic carbocycles. The summed E-state index contributed by atoms with van der Waals surface area (Å²) in [7, 11) is 1.41. The first kappa shape index (κ1) is 15.5. The minimum atomic E-state index is -0.288. The molecule has 1 fully saturated rings. The Labute approximate surface area is 128 Å². The zero-order valence-electron chi connectivity index (χ0n) is 12.0. The first-order chi connectivity index (χ1) is 9.61. The summed E-state index contributed by atoms with van der Waals surface area (Å²) in [6.07, 6.45) is 4.83. The molecule has 4 heteroatoms. The number of hydrogen-bond acceptors (Lipinski definition) is 3. The van der Waals surface area contributed by atoms with Gasteiger partial charge in [0.05, 0.1) is 25.4 Å². The second-order valence-corrected chi connectivity index (χ2v) is 6.59. The van der Waals surface area contributed by atoms with Crippen molar-refractivity contribution in [2.45, 2.75) is 50.1 Å². The number of ether oxygens (including phenoxy) is 2. The van der Waals surface area contributed by atoms with Gasteiger partial charge < -0.3 is 9.47 Å². The lowest BCUT2D eigenvalue weighted by Gasteiger charge is -2.26. The monoisotopic (exact) mass is 340 g/mol. The zero-order valence-corrected chi connectivity index (χ0v) is 13.6. The van der Waals surface area contributed by atoms with E-state index >= 15 is 0 Å². The Balaban J connectivity index is 2.05. The molecule has 1 aromatic rings. The summed E-state index contributed by atoms with van der Waals surface area (Å²) >= 11 is 3.66. The van der Waals surface area contributed by atoms with Crippen molar-refractivity contribution >= 4 is 21.9 Å². The van der Waals surface area contributed by atoms with Crippen molar-refractivity contribution < 1.29 is 14.3 Å². The predicted octanol–water partition coefficient (Wildman–Crippen LogP) is 4.00. The number of esters is 1. The van der Waals surface area contributed by atoms with Crippen LogP contribution >= 0.6 is 15.9 Å². The minimum Gasteiger partial charge on any atom is -0.465 e. The summed E-state index contributed by atoms with van der Waals surface area (Å²) in [6.45, 7) is 2.39. The van der Waals surface area contributed by atoms with E-state index in [0.717, 1.165) is 24.0 Å². The number of carbonyl (C=O) groups excluding carboxylic acids is 1. The topological polar surface area (TPSA) is 35.5 Å². The molecule has 2 unspecified atom stereocenters. The molecule has 0 saturated heterocycles. The molecule has 2 rings (SSSR count). The molecule has 0 aliphatic heterocycles. The highest BCUT2D eigenvalue weighted by Gasteiger charge is 2.21. The highest BCUT2D eigenvalue weighted by atomic mass is 79.9. The van der Waals surface area contributed by atoms with Gasteiger partial charge in [-0.3, -0.25) is 0 Å². The molecule has 0 spiro atoms. The Morgan fingerprint density at radius 1 is 1.40 bits per heavy atom. The molecule has 0 amide bonds. The van der Waals surface area contributed by atoms with Gasteiger partial charge in [-0.05, 0) is 43.7 Å². The average Bonchev–Trinajstić information content (AvgIpc) is 2.44. The summed E-state index contributed by atoms with van der Waals surface area (Å²) in [6, 6.07) is 5.81. The number of hydrogen-bond donors (Lipinski definition) is 0. The fourth-order valence-corrected chi connectivity index (χ4v) is 3.43. The predicted molar refractivity (Wildman–Crippen MR) is 82.3 cm³/mol. The first-order valence-corrected chi connectivity index (χ1v) is 7.96. The average molecular weight is 341 g/mol. The maximum Gasteiger partial charge on any atom is 0.338 e. The number of methoxy groups -OCH3 is 1. The van der Waals surface area contributed by atoms with Crippen molar-refractivity contribution in [3.05, 3.63) is 34.9 Å². The third-order valence-electron chi connectivity index (χ3n) is 3.79. The molecule has 0 aromatic heterocycles. The summed E-state index contributed by atoms with van der Waals surface area (Å²) in [5, 5.41) is 0. The smallest absolute Gasteiger partial charge is 0.338 e. The van der Waals surface area contributed by atoms with Crippen LogP contribution in [-0.2, 0) is 16.1 Å². The lowest BCUT2D eigenvalue weighted by Crippen LogP contribution is -2.23. The number of halogens is 1. The second-order valence-electron chi connectivity index (χ2n) is 5.30. The van der Waals surface area contributed by atoms with Gasteiger partial charge >= 0.3 is 5.97 Å². The Morgan fingerprint density at radius 3 is 2.90 bits per heavy atom. The van der Waals surface area contributed by atoms with Gasteiger partial charge in [0, 0.05) is 4.83 Å². The van der Waals surface area contributed by atoms with Crippen molar-refractivity contribution in [3.8, 4) is 0 Å². The Bertz CT molecular complexity index is 473. The molecule has 20 heavy (non-hydrogen) atoms. The molecule has 1 aromatic carbocycles. The van der Waals surface area contributed by atoms with E-state index in [0.29, 0.717) is 17.0 Å². The van der Waals surface area contributed by atoms with E-state index in [1.54, 1.807) is 0 Å². The number of rotatable bonds is 4. The Morgan fingerprint density at radius 2 is 2.20 bits per heavy atom. The highest BCUT2D eigenvalue weighted by Crippen LogP contribution is 2.27. The van der Waals surface area contributed by atoms with Gasteiger partial charge in [0.2, 0.25) is 0 Å². The molecule has 2 atom stereocenters. The van der Waals surface area contributed by atoms with Crippen LogP contribution < -0.4 is 0 Å². The number of carbonyl (C=O) groups is 1. The molecule has 0 bridgehead atoms. The van der Waals surface area contributed by atoms with Crippen LogP contribution in [0.4, 0.5) is 0 Å². The van der Waals surface area contributed by atoms with Gasteiger partial charge in [-0.1, -0.05) is 34.1 Å². The molecule has 1 aliphatic rings. The van der Waals surface area contributed by atoms with Crippen molar-refractivity contribution in [1.82, 2.24) is 0 Å². The zero-order chi connectivity index (χ0) is 14.5. The van der Waals surface area contributed by atoms with Gasteiger partial charge in [0.1, 0.15) is 0 Å². The van der Waals surface area contributed by atoms with E-state index in [4.69, 9.17) is 9.47 Å². The van der Waals surface area contributed by atoms with Crippen LogP contribution in [-0.4, -0.2) is 24.0 Å². The van der Waals surface area contributed by atoms with Gasteiger partial charge in [0.25, 0.3) is 0 Å². The Kier molecular flexibility index (Phi) is 5.61. The standard InChI is InChI=1S/C16H21BrO3/c1-11-5-3-6-12(15(11)16(18)19-2)10-20-14-8-4-7-13(17)9-14/h3,5-6,13-14H,4,7-10H2,1-2H3. The van der Waals surface area contributed by atoms with E-state index in [9.17, 15) is 4.79 Å². The first-order valence-electron chi connectivity index (χ1n) is 7.04. The lowest BCUT2D eigenvalue weighted by atomic mass is 9.97. The van der Waals surface area contributed by atoms with Gasteiger partial charge in [-0.25, -0.2) is 4.79 Å². The summed E-state index contributed by atoms with van der Waals surface area (Å²) in [5.41, 5.74) is 2.48. The summed E-state index contributed by atoms with van der Waals surface area (Å²) in [5.74, 6) is -0.288. The van der Waals surface area contributed by atoms with E-state index in [1.165, 1.54) is 20.0 Å². The molecule has 0 N–H and O–H groups in total. The molecule has 0 heterocycles. The van der Waals surface area contributed by atoms with Crippen molar-refractivity contribution in [2.24, 2.45) is 0 Å². The minimum absolute atomic E-state index is 0.277. The fraction of sp³-hybridized carbons (Fsp3) is 0.562. The van der Waals surface area contributed by atoms with Crippen LogP contribution in [0.1, 0.15) is 47.2 Å². The summed E-state index contributed by atoms with van der Waals surface area (Å²) in [4.78, 5) is 12.4. The van der Waals surface area contributed by atoms with Gasteiger partial charge in [-0.15, -0.1) is 0 Å². The van der Waals surface area contributed by atoms with Crippen LogP contribution in [0, 0.1) is 6.92 Å². The maximum atomic E-state index is 11.9. The fourth-order valence-electron chi connectivity index (χ4n) is 2.69. The van der Waals surface area contributed by atoms with Crippen molar-refractivity contribution in [1.29, 1.82) is 0 Å². The van der Waals surface area contributed by atoms with Crippen LogP contribution in [0.15, 0.2) is 18.2 Å². The number of alkyl halides is 1. The third-order valence-corrected chi connectivity index (χ3v) is 4.62. The Hall–Kier alpha value is -0.870. The van der Waals surface area contributed by atoms with Crippen LogP contribution in [0.3, 0.4) is 0 Å². The highest BCUT2D eigenvalue weighted by molar-refractivity contribution is 9.09. The van der Waals surface area contributed by atoms with E-state index < -0.39 is 0 Å². The van der Waals surface area contributed by atoms with Crippen LogP contribution in [0.2, 0.25) is 0 Å². The van der Waals surface area contributed by atoms with E-state index in [2.05, 4.69) is 15.9 Å². The maximum absolute atomic E-state index is 11.9. The number of aryl methyl sites for hydroxylation is 1. The van der Waals surface area contributed by atoms with Crippen molar-refractivity contribution in [3.63, 3.8) is 0 Å². The normalized spacial score (nSPS) is 22.6. The quantitative estimate of drug-likeness (QED) is 0.613. The molecule has 1 saturated carbocycles. The van der Waals surface area contributed by atoms with E-state index in [1.807, 2.05) is 25.1 Å².